The average molecular weight is 292 g/mol. The number of aromatic nitrogens is 2. The van der Waals surface area contributed by atoms with Gasteiger partial charge in [-0.15, -0.1) is 0 Å². The fourth-order valence-electron chi connectivity index (χ4n) is 1.97. The summed E-state index contributed by atoms with van der Waals surface area (Å²) in [4.78, 5) is 31.7. The van der Waals surface area contributed by atoms with Crippen LogP contribution in [-0.2, 0) is 0 Å². The summed E-state index contributed by atoms with van der Waals surface area (Å²) < 4.78 is 5.23. The average Bonchev–Trinajstić information content (AvgIpc) is 2.55. The molecule has 0 bridgehead atoms. The number of para-hydroxylation sites is 2. The van der Waals surface area contributed by atoms with E-state index in [9.17, 15) is 9.59 Å². The molecule has 0 saturated heterocycles. The Hall–Kier alpha value is -3.08. The highest BCUT2D eigenvalue weighted by Gasteiger charge is 2.12. The highest BCUT2D eigenvalue weighted by atomic mass is 16.5. The first kappa shape index (κ1) is 13.9. The summed E-state index contributed by atoms with van der Waals surface area (Å²) in [6, 6.07) is 13.6. The third-order valence-corrected chi connectivity index (χ3v) is 3.13. The zero-order valence-corrected chi connectivity index (χ0v) is 11.8. The second-order valence-electron chi connectivity index (χ2n) is 4.71. The number of hydrogen-bond acceptors (Lipinski definition) is 5. The van der Waals surface area contributed by atoms with Gasteiger partial charge in [0.05, 0.1) is 17.2 Å². The fourth-order valence-corrected chi connectivity index (χ4v) is 1.97. The molecular formula is C17H12N2O3. The van der Waals surface area contributed by atoms with Crippen molar-refractivity contribution in [3.63, 3.8) is 0 Å². The van der Waals surface area contributed by atoms with Gasteiger partial charge in [0.25, 0.3) is 0 Å². The molecule has 0 spiro atoms. The lowest BCUT2D eigenvalue weighted by Crippen LogP contribution is -2.11. The van der Waals surface area contributed by atoms with Crippen LogP contribution in [0.2, 0.25) is 0 Å². The Balaban J connectivity index is 1.81. The number of carbonyl (C=O) groups excluding carboxylic acids is 2. The van der Waals surface area contributed by atoms with Crippen LogP contribution < -0.4 is 4.74 Å². The summed E-state index contributed by atoms with van der Waals surface area (Å²) in [6.45, 7) is 1.48. The number of nitrogens with zero attached hydrogens (tertiary/aromatic N) is 2. The van der Waals surface area contributed by atoms with Crippen molar-refractivity contribution in [2.24, 2.45) is 0 Å². The van der Waals surface area contributed by atoms with Gasteiger partial charge in [0, 0.05) is 5.56 Å². The number of benzene rings is 2. The molecule has 0 fully saturated rings. The van der Waals surface area contributed by atoms with E-state index in [1.54, 1.807) is 30.3 Å². The lowest BCUT2D eigenvalue weighted by atomic mass is 10.1. The Morgan fingerprint density at radius 1 is 0.955 bits per heavy atom. The molecule has 0 aliphatic heterocycles. The van der Waals surface area contributed by atoms with Crippen molar-refractivity contribution in [3.05, 3.63) is 66.0 Å². The van der Waals surface area contributed by atoms with Gasteiger partial charge in [-0.3, -0.25) is 9.78 Å². The lowest BCUT2D eigenvalue weighted by molar-refractivity contribution is 0.0728. The fraction of sp³-hybridized carbons (Fsp3) is 0.0588. The van der Waals surface area contributed by atoms with Gasteiger partial charge in [-0.05, 0) is 43.3 Å². The molecule has 3 aromatic rings. The molecule has 0 saturated carbocycles. The third kappa shape index (κ3) is 2.83. The van der Waals surface area contributed by atoms with Crippen LogP contribution in [0.3, 0.4) is 0 Å². The van der Waals surface area contributed by atoms with Gasteiger partial charge in [-0.1, -0.05) is 12.1 Å². The molecule has 0 N–H and O–H groups in total. The van der Waals surface area contributed by atoms with Crippen molar-refractivity contribution in [3.8, 4) is 5.75 Å². The molecular weight excluding hydrogens is 280 g/mol. The zero-order valence-electron chi connectivity index (χ0n) is 11.8. The quantitative estimate of drug-likeness (QED) is 0.421. The second kappa shape index (κ2) is 5.73. The van der Waals surface area contributed by atoms with Crippen LogP contribution in [0.5, 0.6) is 5.75 Å². The van der Waals surface area contributed by atoms with Gasteiger partial charge >= 0.3 is 5.97 Å². The molecule has 2 aromatic carbocycles. The topological polar surface area (TPSA) is 69.2 Å². The van der Waals surface area contributed by atoms with Gasteiger partial charge < -0.3 is 4.74 Å². The SMILES string of the molecule is CC(=O)c1ccc(OC(=O)c2cnc3ccccc3n2)cc1. The van der Waals surface area contributed by atoms with Crippen LogP contribution in [0.1, 0.15) is 27.8 Å². The number of hydrogen-bond donors (Lipinski definition) is 0. The van der Waals surface area contributed by atoms with E-state index < -0.39 is 5.97 Å². The van der Waals surface area contributed by atoms with Crippen LogP contribution in [0.25, 0.3) is 11.0 Å². The Kier molecular flexibility index (Phi) is 3.62. The summed E-state index contributed by atoms with van der Waals surface area (Å²) in [6.07, 6.45) is 1.38. The molecule has 3 rings (SSSR count). The predicted octanol–water partition coefficient (Wildman–Crippen LogP) is 3.05. The summed E-state index contributed by atoms with van der Waals surface area (Å²) in [7, 11) is 0. The number of Topliss-reactive ketones (excluding diaryl/α,β-unsaturated/α-hetero) is 1. The minimum absolute atomic E-state index is 0.0433. The highest BCUT2D eigenvalue weighted by molar-refractivity contribution is 5.94. The van der Waals surface area contributed by atoms with E-state index in [2.05, 4.69) is 9.97 Å². The maximum absolute atomic E-state index is 12.1. The van der Waals surface area contributed by atoms with Crippen molar-refractivity contribution in [2.75, 3.05) is 0 Å². The Morgan fingerprint density at radius 2 is 1.64 bits per heavy atom. The smallest absolute Gasteiger partial charge is 0.363 e. The van der Waals surface area contributed by atoms with Crippen LogP contribution in [0.4, 0.5) is 0 Å². The molecule has 22 heavy (non-hydrogen) atoms. The van der Waals surface area contributed by atoms with Crippen molar-refractivity contribution in [1.29, 1.82) is 0 Å². The number of carbonyl (C=O) groups is 2. The minimum atomic E-state index is -0.589. The molecule has 0 unspecified atom stereocenters. The van der Waals surface area contributed by atoms with E-state index in [0.717, 1.165) is 0 Å². The summed E-state index contributed by atoms with van der Waals surface area (Å²) in [5.74, 6) is -0.281. The number of esters is 1. The molecule has 108 valence electrons. The largest absolute Gasteiger partial charge is 0.422 e. The van der Waals surface area contributed by atoms with Crippen LogP contribution in [-0.4, -0.2) is 21.7 Å². The first-order valence-electron chi connectivity index (χ1n) is 6.68. The molecule has 1 heterocycles. The van der Waals surface area contributed by atoms with E-state index in [4.69, 9.17) is 4.74 Å². The van der Waals surface area contributed by atoms with Crippen LogP contribution >= 0.6 is 0 Å². The van der Waals surface area contributed by atoms with E-state index in [-0.39, 0.29) is 11.5 Å². The third-order valence-electron chi connectivity index (χ3n) is 3.13. The van der Waals surface area contributed by atoms with Crippen molar-refractivity contribution in [1.82, 2.24) is 9.97 Å². The van der Waals surface area contributed by atoms with Gasteiger partial charge in [-0.2, -0.15) is 0 Å². The van der Waals surface area contributed by atoms with E-state index in [1.165, 1.54) is 13.1 Å². The number of fused-ring (bicyclic) bond motifs is 1. The first-order chi connectivity index (χ1) is 10.6. The molecule has 1 aromatic heterocycles. The summed E-state index contributed by atoms with van der Waals surface area (Å²) >= 11 is 0. The van der Waals surface area contributed by atoms with Crippen molar-refractivity contribution in [2.45, 2.75) is 6.92 Å². The minimum Gasteiger partial charge on any atom is -0.422 e. The highest BCUT2D eigenvalue weighted by Crippen LogP contribution is 2.15. The number of ketones is 1. The number of ether oxygens (including phenoxy) is 1. The summed E-state index contributed by atoms with van der Waals surface area (Å²) in [5, 5.41) is 0. The Labute approximate surface area is 126 Å². The maximum Gasteiger partial charge on any atom is 0.363 e. The monoisotopic (exact) mass is 292 g/mol. The lowest BCUT2D eigenvalue weighted by Gasteiger charge is -2.05. The van der Waals surface area contributed by atoms with E-state index in [0.29, 0.717) is 22.3 Å². The van der Waals surface area contributed by atoms with Crippen molar-refractivity contribution < 1.29 is 14.3 Å². The van der Waals surface area contributed by atoms with Gasteiger partial charge in [0.15, 0.2) is 11.5 Å². The molecule has 0 atom stereocenters. The standard InChI is InChI=1S/C17H12N2O3/c1-11(20)12-6-8-13(9-7-12)22-17(21)16-10-18-14-4-2-3-5-15(14)19-16/h2-10H,1H3. The van der Waals surface area contributed by atoms with E-state index in [1.807, 2.05) is 18.2 Å². The molecule has 0 aliphatic rings. The van der Waals surface area contributed by atoms with Crippen LogP contribution in [0, 0.1) is 0 Å². The predicted molar refractivity (Wildman–Crippen MR) is 80.9 cm³/mol. The molecule has 0 amide bonds. The van der Waals surface area contributed by atoms with Crippen molar-refractivity contribution >= 4 is 22.8 Å². The Bertz CT molecular complexity index is 857. The van der Waals surface area contributed by atoms with E-state index >= 15 is 0 Å². The maximum atomic E-state index is 12.1. The Morgan fingerprint density at radius 3 is 2.32 bits per heavy atom. The van der Waals surface area contributed by atoms with Crippen LogP contribution in [0.15, 0.2) is 54.7 Å². The molecule has 5 nitrogen and oxygen atoms in total. The van der Waals surface area contributed by atoms with Gasteiger partial charge in [0.2, 0.25) is 0 Å². The van der Waals surface area contributed by atoms with Gasteiger partial charge in [-0.25, -0.2) is 9.78 Å². The molecule has 5 heteroatoms. The second-order valence-corrected chi connectivity index (χ2v) is 4.71. The molecule has 0 aliphatic carbocycles. The first-order valence-corrected chi connectivity index (χ1v) is 6.68. The molecule has 0 radical (unpaired) electrons. The van der Waals surface area contributed by atoms with Gasteiger partial charge in [0.1, 0.15) is 5.75 Å². The zero-order chi connectivity index (χ0) is 15.5. The normalized spacial score (nSPS) is 10.4. The summed E-state index contributed by atoms with van der Waals surface area (Å²) in [5.41, 5.74) is 2.04. The number of rotatable bonds is 3.